The van der Waals surface area contributed by atoms with Crippen molar-refractivity contribution < 1.29 is 0 Å². The molecule has 0 spiro atoms. The van der Waals surface area contributed by atoms with Crippen LogP contribution in [-0.4, -0.2) is 55.9 Å². The van der Waals surface area contributed by atoms with Gasteiger partial charge in [-0.05, 0) is 12.5 Å². The first kappa shape index (κ1) is 10.6. The predicted molar refractivity (Wildman–Crippen MR) is 55.6 cm³/mol. The summed E-state index contributed by atoms with van der Waals surface area (Å²) >= 11 is -0.0784. The van der Waals surface area contributed by atoms with Crippen molar-refractivity contribution in [1.82, 2.24) is 9.21 Å². The molecule has 68 valence electrons. The van der Waals surface area contributed by atoms with E-state index in [1.165, 1.54) is 0 Å². The summed E-state index contributed by atoms with van der Waals surface area (Å²) in [5, 5.41) is 0. The fraction of sp³-hybridized carbons (Fsp3) is 0.857. The largest absolute Gasteiger partial charge is 0.348 e. The normalized spacial score (nSPS) is 12.9. The van der Waals surface area contributed by atoms with E-state index in [1.54, 1.807) is 0 Å². The second-order valence-corrected chi connectivity index (χ2v) is 5.08. The van der Waals surface area contributed by atoms with Gasteiger partial charge < -0.3 is 9.21 Å². The van der Waals surface area contributed by atoms with Gasteiger partial charge >= 0.3 is 0 Å². The molecule has 0 rings (SSSR count). The molecule has 0 aromatic rings. The first-order valence-electron chi connectivity index (χ1n) is 3.55. The van der Waals surface area contributed by atoms with Crippen LogP contribution in [0.25, 0.3) is 0 Å². The summed E-state index contributed by atoms with van der Waals surface area (Å²) in [7, 11) is 7.92. The molecule has 0 aromatic carbocycles. The molecule has 11 heavy (non-hydrogen) atoms. The van der Waals surface area contributed by atoms with E-state index in [9.17, 15) is 0 Å². The zero-order valence-corrected chi connectivity index (χ0v) is 9.18. The lowest BCUT2D eigenvalue weighted by molar-refractivity contribution is 0.550. The number of aliphatic imine (C=N–C) groups is 1. The van der Waals surface area contributed by atoms with E-state index >= 15 is 0 Å². The maximum absolute atomic E-state index is 4.19. The summed E-state index contributed by atoms with van der Waals surface area (Å²) in [5.74, 6) is 1.04. The third-order valence-corrected chi connectivity index (χ3v) is 2.87. The Morgan fingerprint density at radius 2 is 1.64 bits per heavy atom. The van der Waals surface area contributed by atoms with Gasteiger partial charge in [0.15, 0.2) is 0 Å². The van der Waals surface area contributed by atoms with E-state index < -0.39 is 0 Å². The molecule has 3 nitrogen and oxygen atoms in total. The fourth-order valence-corrected chi connectivity index (χ4v) is 1.44. The van der Waals surface area contributed by atoms with E-state index in [4.69, 9.17) is 0 Å². The average Bonchev–Trinajstić information content (AvgIpc) is 1.88. The molecule has 0 amide bonds. The second-order valence-electron chi connectivity index (χ2n) is 2.79. The molecule has 0 N–H and O–H groups in total. The Bertz CT molecular complexity index is 143. The summed E-state index contributed by atoms with van der Waals surface area (Å²) in [6, 6.07) is 0. The number of guanidine groups is 1. The Labute approximate surface area is 72.6 Å². The monoisotopic (exact) mass is 177 g/mol. The van der Waals surface area contributed by atoms with Gasteiger partial charge in [-0.3, -0.25) is 4.99 Å². The molecule has 0 heterocycles. The number of rotatable bonds is 1. The predicted octanol–water partition coefficient (Wildman–Crippen LogP) is 0.641. The minimum atomic E-state index is -0.0784. The average molecular weight is 177 g/mol. The maximum atomic E-state index is 4.19. The van der Waals surface area contributed by atoms with Gasteiger partial charge in [0.05, 0.1) is 0 Å². The molecule has 0 bridgehead atoms. The van der Waals surface area contributed by atoms with Gasteiger partial charge in [-0.2, -0.15) is 11.1 Å². The lowest BCUT2D eigenvalue weighted by Crippen LogP contribution is -2.35. The number of hydrogen-bond acceptors (Lipinski definition) is 1. The minimum absolute atomic E-state index is 0.0784. The third-order valence-electron chi connectivity index (χ3n) is 1.49. The highest BCUT2D eigenvalue weighted by atomic mass is 32.2. The Kier molecular flexibility index (Phi) is 4.33. The first-order valence-corrected chi connectivity index (χ1v) is 5.74. The van der Waals surface area contributed by atoms with Crippen molar-refractivity contribution in [3.8, 4) is 0 Å². The molecule has 0 fully saturated rings. The SMILES string of the molecule is C/N=C(/N(C)C)N(C)[SH](C)C. The van der Waals surface area contributed by atoms with E-state index in [-0.39, 0.29) is 11.1 Å². The third kappa shape index (κ3) is 3.01. The van der Waals surface area contributed by atoms with Crippen LogP contribution in [0.15, 0.2) is 4.99 Å². The van der Waals surface area contributed by atoms with Gasteiger partial charge in [0.25, 0.3) is 0 Å². The van der Waals surface area contributed by atoms with Crippen molar-refractivity contribution >= 4 is 17.0 Å². The maximum Gasteiger partial charge on any atom is 0.204 e. The van der Waals surface area contributed by atoms with Crippen LogP contribution in [0.4, 0.5) is 0 Å². The summed E-state index contributed by atoms with van der Waals surface area (Å²) in [6.45, 7) is 0. The summed E-state index contributed by atoms with van der Waals surface area (Å²) in [6.07, 6.45) is 4.42. The molecule has 0 aromatic heterocycles. The molecule has 0 aliphatic carbocycles. The lowest BCUT2D eigenvalue weighted by Gasteiger charge is -2.31. The summed E-state index contributed by atoms with van der Waals surface area (Å²) < 4.78 is 2.20. The van der Waals surface area contributed by atoms with E-state index in [0.717, 1.165) is 5.96 Å². The standard InChI is InChI=1S/C7H19N3S/c1-8-7(9(2)3)10(4)11(5)6/h11H,1-6H3/b8-7-. The Morgan fingerprint density at radius 3 is 1.73 bits per heavy atom. The zero-order chi connectivity index (χ0) is 9.02. The van der Waals surface area contributed by atoms with Gasteiger partial charge in [0.1, 0.15) is 0 Å². The number of hydrogen-bond donors (Lipinski definition) is 1. The molecule has 0 unspecified atom stereocenters. The van der Waals surface area contributed by atoms with Gasteiger partial charge in [-0.15, -0.1) is 0 Å². The van der Waals surface area contributed by atoms with Gasteiger partial charge in [0.2, 0.25) is 5.96 Å². The van der Waals surface area contributed by atoms with Crippen molar-refractivity contribution in [3.63, 3.8) is 0 Å². The molecule has 0 atom stereocenters. The van der Waals surface area contributed by atoms with Gasteiger partial charge in [0, 0.05) is 28.2 Å². The summed E-state index contributed by atoms with van der Waals surface area (Å²) in [5.41, 5.74) is 0. The van der Waals surface area contributed by atoms with Gasteiger partial charge in [-0.1, -0.05) is 0 Å². The van der Waals surface area contributed by atoms with Crippen LogP contribution in [0.1, 0.15) is 0 Å². The van der Waals surface area contributed by atoms with Crippen molar-refractivity contribution in [2.45, 2.75) is 0 Å². The molecular formula is C7H19N3S. The first-order chi connectivity index (χ1) is 5.00. The van der Waals surface area contributed by atoms with Crippen LogP contribution in [0.2, 0.25) is 0 Å². The quantitative estimate of drug-likeness (QED) is 0.360. The summed E-state index contributed by atoms with van der Waals surface area (Å²) in [4.78, 5) is 6.22. The van der Waals surface area contributed by atoms with E-state index in [0.29, 0.717) is 0 Å². The Morgan fingerprint density at radius 1 is 1.18 bits per heavy atom. The minimum Gasteiger partial charge on any atom is -0.348 e. The molecule has 0 saturated carbocycles. The highest BCUT2D eigenvalue weighted by molar-refractivity contribution is 8.14. The highest BCUT2D eigenvalue weighted by Crippen LogP contribution is 2.19. The zero-order valence-electron chi connectivity index (χ0n) is 8.29. The van der Waals surface area contributed by atoms with Crippen molar-refractivity contribution in [3.05, 3.63) is 0 Å². The van der Waals surface area contributed by atoms with Crippen LogP contribution < -0.4 is 0 Å². The van der Waals surface area contributed by atoms with Crippen molar-refractivity contribution in [1.29, 1.82) is 0 Å². The number of nitrogens with zero attached hydrogens (tertiary/aromatic N) is 3. The molecule has 4 heteroatoms. The molecule has 0 aliphatic heterocycles. The molecule has 0 saturated heterocycles. The lowest BCUT2D eigenvalue weighted by atomic mass is 10.8. The van der Waals surface area contributed by atoms with Crippen molar-refractivity contribution in [2.24, 2.45) is 4.99 Å². The second kappa shape index (κ2) is 4.49. The molecule has 0 aliphatic rings. The molecular weight excluding hydrogens is 158 g/mol. The number of thiol groups is 1. The van der Waals surface area contributed by atoms with Crippen molar-refractivity contribution in [2.75, 3.05) is 40.7 Å². The topological polar surface area (TPSA) is 18.8 Å². The fourth-order valence-electron chi connectivity index (χ4n) is 0.813. The highest BCUT2D eigenvalue weighted by Gasteiger charge is 2.07. The van der Waals surface area contributed by atoms with Gasteiger partial charge in [-0.25, -0.2) is 0 Å². The van der Waals surface area contributed by atoms with Crippen LogP contribution in [-0.2, 0) is 0 Å². The molecule has 0 radical (unpaired) electrons. The van der Waals surface area contributed by atoms with E-state index in [2.05, 4.69) is 28.9 Å². The van der Waals surface area contributed by atoms with Crippen LogP contribution in [0, 0.1) is 0 Å². The Hall–Kier alpha value is -0.380. The van der Waals surface area contributed by atoms with Crippen LogP contribution in [0.5, 0.6) is 0 Å². The van der Waals surface area contributed by atoms with Crippen LogP contribution >= 0.6 is 11.1 Å². The van der Waals surface area contributed by atoms with Crippen LogP contribution in [0.3, 0.4) is 0 Å². The smallest absolute Gasteiger partial charge is 0.204 e. The van der Waals surface area contributed by atoms with E-state index in [1.807, 2.05) is 26.0 Å². The Balaban J connectivity index is 4.28.